The molecule has 0 bridgehead atoms. The van der Waals surface area contributed by atoms with E-state index in [0.29, 0.717) is 0 Å². The Hall–Kier alpha value is -1.24. The second-order valence-corrected chi connectivity index (χ2v) is 6.30. The molecule has 1 N–H and O–H groups in total. The fourth-order valence-corrected chi connectivity index (χ4v) is 2.65. The third kappa shape index (κ3) is 5.71. The van der Waals surface area contributed by atoms with Crippen molar-refractivity contribution in [3.8, 4) is 0 Å². The molecule has 23 heavy (non-hydrogen) atoms. The summed E-state index contributed by atoms with van der Waals surface area (Å²) in [4.78, 5) is 0. The lowest BCUT2D eigenvalue weighted by Gasteiger charge is -2.28. The zero-order valence-electron chi connectivity index (χ0n) is 12.6. The molecule has 0 amide bonds. The molecule has 2 rings (SSSR count). The first-order valence-electron chi connectivity index (χ1n) is 7.53. The topological polar surface area (TPSA) is 12.0 Å². The quantitative estimate of drug-likeness (QED) is 0.671. The van der Waals surface area contributed by atoms with Crippen molar-refractivity contribution in [2.45, 2.75) is 56.8 Å². The molecular weight excluding hydrogens is 320 g/mol. The van der Waals surface area contributed by atoms with Gasteiger partial charge in [-0.25, -0.2) is 13.2 Å². The number of benzene rings is 1. The van der Waals surface area contributed by atoms with Crippen LogP contribution in [0.4, 0.5) is 26.3 Å². The van der Waals surface area contributed by atoms with Crippen LogP contribution in [0.2, 0.25) is 0 Å². The van der Waals surface area contributed by atoms with E-state index in [2.05, 4.69) is 5.32 Å². The summed E-state index contributed by atoms with van der Waals surface area (Å²) >= 11 is 0. The molecule has 1 aromatic carbocycles. The largest absolute Gasteiger partial charge is 0.407 e. The first-order valence-corrected chi connectivity index (χ1v) is 7.53. The molecule has 0 aliphatic heterocycles. The smallest absolute Gasteiger partial charge is 0.300 e. The molecule has 1 nitrogen and oxygen atoms in total. The van der Waals surface area contributed by atoms with Gasteiger partial charge in [-0.2, -0.15) is 13.2 Å². The van der Waals surface area contributed by atoms with Gasteiger partial charge in [-0.05, 0) is 43.4 Å². The fourth-order valence-electron chi connectivity index (χ4n) is 2.65. The SMILES string of the molecule is CC(CC(F)(F)CC1CC1)NC(c1ccc(F)cc1)C(F)(F)F. The summed E-state index contributed by atoms with van der Waals surface area (Å²) in [5, 5.41) is 2.21. The minimum Gasteiger partial charge on any atom is -0.300 e. The zero-order chi connectivity index (χ0) is 17.3. The van der Waals surface area contributed by atoms with E-state index in [1.165, 1.54) is 6.92 Å². The van der Waals surface area contributed by atoms with Gasteiger partial charge in [-0.15, -0.1) is 0 Å². The van der Waals surface area contributed by atoms with E-state index in [1.54, 1.807) is 0 Å². The highest BCUT2D eigenvalue weighted by molar-refractivity contribution is 5.21. The van der Waals surface area contributed by atoms with Gasteiger partial charge in [0.05, 0.1) is 0 Å². The Morgan fingerprint density at radius 2 is 1.65 bits per heavy atom. The van der Waals surface area contributed by atoms with Crippen molar-refractivity contribution in [3.63, 3.8) is 0 Å². The summed E-state index contributed by atoms with van der Waals surface area (Å²) in [7, 11) is 0. The first-order chi connectivity index (χ1) is 10.6. The summed E-state index contributed by atoms with van der Waals surface area (Å²) in [6, 6.07) is 0.727. The predicted molar refractivity (Wildman–Crippen MR) is 74.7 cm³/mol. The van der Waals surface area contributed by atoms with Crippen molar-refractivity contribution in [2.75, 3.05) is 0 Å². The van der Waals surface area contributed by atoms with Gasteiger partial charge in [0.15, 0.2) is 0 Å². The van der Waals surface area contributed by atoms with Gasteiger partial charge in [0.1, 0.15) is 11.9 Å². The molecule has 0 aromatic heterocycles. The number of halogens is 6. The number of rotatable bonds is 7. The molecule has 0 spiro atoms. The molecule has 1 aliphatic carbocycles. The molecule has 2 unspecified atom stereocenters. The van der Waals surface area contributed by atoms with Crippen LogP contribution in [0.3, 0.4) is 0 Å². The van der Waals surface area contributed by atoms with Crippen molar-refractivity contribution >= 4 is 0 Å². The lowest BCUT2D eigenvalue weighted by Crippen LogP contribution is -2.42. The van der Waals surface area contributed by atoms with Crippen LogP contribution in [-0.4, -0.2) is 18.1 Å². The molecule has 7 heteroatoms. The Morgan fingerprint density at radius 1 is 1.09 bits per heavy atom. The van der Waals surface area contributed by atoms with Crippen LogP contribution in [0.15, 0.2) is 24.3 Å². The van der Waals surface area contributed by atoms with Crippen molar-refractivity contribution in [3.05, 3.63) is 35.6 Å². The summed E-state index contributed by atoms with van der Waals surface area (Å²) in [5.41, 5.74) is -0.198. The highest BCUT2D eigenvalue weighted by Crippen LogP contribution is 2.41. The van der Waals surface area contributed by atoms with Crippen LogP contribution in [-0.2, 0) is 0 Å². The van der Waals surface area contributed by atoms with Crippen LogP contribution in [0, 0.1) is 11.7 Å². The van der Waals surface area contributed by atoms with Crippen molar-refractivity contribution in [1.29, 1.82) is 0 Å². The lowest BCUT2D eigenvalue weighted by molar-refractivity contribution is -0.161. The number of hydrogen-bond donors (Lipinski definition) is 1. The van der Waals surface area contributed by atoms with Crippen LogP contribution in [0.5, 0.6) is 0 Å². The van der Waals surface area contributed by atoms with Crippen molar-refractivity contribution in [2.24, 2.45) is 5.92 Å². The van der Waals surface area contributed by atoms with E-state index in [1.807, 2.05) is 0 Å². The second kappa shape index (κ2) is 6.71. The van der Waals surface area contributed by atoms with Crippen LogP contribution in [0.1, 0.15) is 44.2 Å². The minimum absolute atomic E-state index is 0.00675. The van der Waals surface area contributed by atoms with Gasteiger partial charge in [0.2, 0.25) is 5.92 Å². The maximum Gasteiger partial charge on any atom is 0.407 e. The summed E-state index contributed by atoms with van der Waals surface area (Å²) < 4.78 is 80.0. The highest BCUT2D eigenvalue weighted by atomic mass is 19.4. The minimum atomic E-state index is -4.65. The fraction of sp³-hybridized carbons (Fsp3) is 0.625. The van der Waals surface area contributed by atoms with E-state index in [4.69, 9.17) is 0 Å². The molecule has 0 heterocycles. The predicted octanol–water partition coefficient (Wildman–Crippen LogP) is 5.23. The normalized spacial score (nSPS) is 18.7. The van der Waals surface area contributed by atoms with E-state index in [0.717, 1.165) is 37.1 Å². The molecule has 1 saturated carbocycles. The third-order valence-corrected chi connectivity index (χ3v) is 3.87. The standard InChI is InChI=1S/C16H19F6N/c1-10(8-15(18,19)9-11-2-3-11)23-14(16(20,21)22)12-4-6-13(17)7-5-12/h4-7,10-11,14,23H,2-3,8-9H2,1H3. The Labute approximate surface area is 131 Å². The van der Waals surface area contributed by atoms with Crippen molar-refractivity contribution in [1.82, 2.24) is 5.32 Å². The molecule has 1 aromatic rings. The van der Waals surface area contributed by atoms with Gasteiger partial charge in [-0.1, -0.05) is 12.1 Å². The van der Waals surface area contributed by atoms with E-state index < -0.39 is 36.4 Å². The van der Waals surface area contributed by atoms with Crippen LogP contribution < -0.4 is 5.32 Å². The maximum atomic E-state index is 13.8. The molecule has 1 aliphatic rings. The molecule has 0 radical (unpaired) electrons. The number of hydrogen-bond acceptors (Lipinski definition) is 1. The first kappa shape index (κ1) is 18.1. The molecule has 1 fully saturated rings. The Kier molecular flexibility index (Phi) is 5.28. The Balaban J connectivity index is 2.03. The van der Waals surface area contributed by atoms with E-state index in [9.17, 15) is 26.3 Å². The van der Waals surface area contributed by atoms with E-state index >= 15 is 0 Å². The summed E-state index contributed by atoms with van der Waals surface area (Å²) in [5.74, 6) is -3.64. The van der Waals surface area contributed by atoms with Gasteiger partial charge >= 0.3 is 6.18 Å². The monoisotopic (exact) mass is 339 g/mol. The lowest BCUT2D eigenvalue weighted by atomic mass is 10.0. The van der Waals surface area contributed by atoms with Crippen molar-refractivity contribution < 1.29 is 26.3 Å². The molecule has 2 atom stereocenters. The zero-order valence-corrected chi connectivity index (χ0v) is 12.6. The van der Waals surface area contributed by atoms with Gasteiger partial charge < -0.3 is 0 Å². The molecular formula is C16H19F6N. The number of nitrogens with one attached hydrogen (secondary N) is 1. The average molecular weight is 339 g/mol. The van der Waals surface area contributed by atoms with E-state index in [-0.39, 0.29) is 17.9 Å². The molecule has 0 saturated heterocycles. The molecule has 130 valence electrons. The number of alkyl halides is 5. The summed E-state index contributed by atoms with van der Waals surface area (Å²) in [6.45, 7) is 1.31. The van der Waals surface area contributed by atoms with Crippen LogP contribution in [0.25, 0.3) is 0 Å². The van der Waals surface area contributed by atoms with Gasteiger partial charge in [0, 0.05) is 18.9 Å². The summed E-state index contributed by atoms with van der Waals surface area (Å²) in [6.07, 6.45) is -4.06. The van der Waals surface area contributed by atoms with Gasteiger partial charge in [-0.3, -0.25) is 5.32 Å². The third-order valence-electron chi connectivity index (χ3n) is 3.87. The highest BCUT2D eigenvalue weighted by Gasteiger charge is 2.43. The second-order valence-electron chi connectivity index (χ2n) is 6.30. The van der Waals surface area contributed by atoms with Crippen LogP contribution >= 0.6 is 0 Å². The Bertz CT molecular complexity index is 506. The Morgan fingerprint density at radius 3 is 2.13 bits per heavy atom. The maximum absolute atomic E-state index is 13.8. The van der Waals surface area contributed by atoms with Gasteiger partial charge in [0.25, 0.3) is 0 Å². The average Bonchev–Trinajstić information content (AvgIpc) is 3.18.